The highest BCUT2D eigenvalue weighted by molar-refractivity contribution is 5.73. The van der Waals surface area contributed by atoms with Crippen LogP contribution in [0.5, 0.6) is 5.75 Å². The van der Waals surface area contributed by atoms with Gasteiger partial charge < -0.3 is 15.2 Å². The fourth-order valence-electron chi connectivity index (χ4n) is 2.15. The summed E-state index contributed by atoms with van der Waals surface area (Å²) < 4.78 is 5.10. The van der Waals surface area contributed by atoms with E-state index in [4.69, 9.17) is 9.84 Å². The zero-order valence-corrected chi connectivity index (χ0v) is 10.0. The van der Waals surface area contributed by atoms with Crippen LogP contribution in [0.1, 0.15) is 12.8 Å². The number of aliphatic carboxylic acids is 1. The van der Waals surface area contributed by atoms with Crippen LogP contribution in [0.25, 0.3) is 0 Å². The Hall–Kier alpha value is -2.22. The number of carboxylic acids is 1. The summed E-state index contributed by atoms with van der Waals surface area (Å²) >= 11 is 0. The number of benzene rings is 1. The van der Waals surface area contributed by atoms with E-state index >= 15 is 0 Å². The van der Waals surface area contributed by atoms with Crippen LogP contribution in [0.3, 0.4) is 0 Å². The van der Waals surface area contributed by atoms with E-state index in [-0.39, 0.29) is 0 Å². The monoisotopic (exact) mass is 246 g/mol. The zero-order valence-electron chi connectivity index (χ0n) is 10.0. The Morgan fingerprint density at radius 2 is 2.33 bits per heavy atom. The Morgan fingerprint density at radius 1 is 1.61 bits per heavy atom. The molecule has 0 heterocycles. The minimum Gasteiger partial charge on any atom is -0.497 e. The molecule has 0 radical (unpaired) electrons. The van der Waals surface area contributed by atoms with E-state index in [1.54, 1.807) is 13.2 Å². The van der Waals surface area contributed by atoms with Gasteiger partial charge in [-0.15, -0.1) is 0 Å². The van der Waals surface area contributed by atoms with Gasteiger partial charge in [-0.25, -0.2) is 0 Å². The first kappa shape index (κ1) is 12.2. The largest absolute Gasteiger partial charge is 0.497 e. The minimum atomic E-state index is -0.840. The van der Waals surface area contributed by atoms with Gasteiger partial charge in [0.25, 0.3) is 0 Å². The van der Waals surface area contributed by atoms with Crippen LogP contribution in [0.4, 0.5) is 5.69 Å². The van der Waals surface area contributed by atoms with Crippen LogP contribution < -0.4 is 10.1 Å². The highest BCUT2D eigenvalue weighted by atomic mass is 16.5. The third kappa shape index (κ3) is 2.23. The Bertz CT molecular complexity index is 501. The highest BCUT2D eigenvalue weighted by Gasteiger charge is 2.48. The van der Waals surface area contributed by atoms with Crippen molar-refractivity contribution >= 4 is 11.7 Å². The Morgan fingerprint density at radius 3 is 2.89 bits per heavy atom. The molecule has 1 aliphatic carbocycles. The maximum absolute atomic E-state index is 10.8. The molecule has 0 aromatic heterocycles. The van der Waals surface area contributed by atoms with E-state index < -0.39 is 17.4 Å². The molecule has 0 saturated heterocycles. The SMILES string of the molecule is COc1cccc(NC2(C#N)CC(C(=O)O)C2)c1. The first-order chi connectivity index (χ1) is 8.58. The normalized spacial score (nSPS) is 25.7. The molecule has 0 unspecified atom stereocenters. The summed E-state index contributed by atoms with van der Waals surface area (Å²) in [5.74, 6) is -0.571. The third-order valence-electron chi connectivity index (χ3n) is 3.21. The average Bonchev–Trinajstić information content (AvgIpc) is 2.33. The van der Waals surface area contributed by atoms with Gasteiger partial charge in [0.2, 0.25) is 0 Å². The zero-order chi connectivity index (χ0) is 13.2. The Labute approximate surface area is 105 Å². The first-order valence-electron chi connectivity index (χ1n) is 5.65. The molecule has 1 aromatic carbocycles. The van der Waals surface area contributed by atoms with Gasteiger partial charge >= 0.3 is 5.97 Å². The molecular weight excluding hydrogens is 232 g/mol. The summed E-state index contributed by atoms with van der Waals surface area (Å²) in [6.45, 7) is 0. The second-order valence-corrected chi connectivity index (χ2v) is 4.49. The summed E-state index contributed by atoms with van der Waals surface area (Å²) in [6, 6.07) is 9.41. The molecule has 0 aliphatic heterocycles. The maximum Gasteiger partial charge on any atom is 0.306 e. The lowest BCUT2D eigenvalue weighted by atomic mass is 9.69. The van der Waals surface area contributed by atoms with Crippen molar-refractivity contribution in [1.82, 2.24) is 0 Å². The summed E-state index contributed by atoms with van der Waals surface area (Å²) in [5, 5.41) is 21.1. The van der Waals surface area contributed by atoms with E-state index in [2.05, 4.69) is 11.4 Å². The van der Waals surface area contributed by atoms with E-state index in [9.17, 15) is 10.1 Å². The molecular formula is C13H14N2O3. The van der Waals surface area contributed by atoms with Crippen molar-refractivity contribution in [1.29, 1.82) is 5.26 Å². The second kappa shape index (κ2) is 4.57. The number of nitriles is 1. The summed E-state index contributed by atoms with van der Waals surface area (Å²) in [5.41, 5.74) is -0.00478. The predicted molar refractivity (Wildman–Crippen MR) is 65.3 cm³/mol. The quantitative estimate of drug-likeness (QED) is 0.847. The van der Waals surface area contributed by atoms with Gasteiger partial charge in [-0.2, -0.15) is 5.26 Å². The van der Waals surface area contributed by atoms with E-state index in [0.29, 0.717) is 18.6 Å². The number of rotatable bonds is 4. The van der Waals surface area contributed by atoms with Crippen molar-refractivity contribution in [2.75, 3.05) is 12.4 Å². The molecule has 5 nitrogen and oxygen atoms in total. The van der Waals surface area contributed by atoms with Crippen LogP contribution in [0, 0.1) is 17.2 Å². The molecule has 0 atom stereocenters. The van der Waals surface area contributed by atoms with Crippen LogP contribution in [-0.4, -0.2) is 23.7 Å². The van der Waals surface area contributed by atoms with Crippen LogP contribution in [-0.2, 0) is 4.79 Å². The fraction of sp³-hybridized carbons (Fsp3) is 0.385. The lowest BCUT2D eigenvalue weighted by Crippen LogP contribution is -2.51. The van der Waals surface area contributed by atoms with E-state index in [1.165, 1.54) is 0 Å². The molecule has 18 heavy (non-hydrogen) atoms. The molecule has 2 N–H and O–H groups in total. The summed E-state index contributed by atoms with van der Waals surface area (Å²) in [6.07, 6.45) is 0.659. The molecule has 1 aliphatic rings. The number of carboxylic acid groups (broad SMARTS) is 1. The molecule has 0 bridgehead atoms. The smallest absolute Gasteiger partial charge is 0.306 e. The van der Waals surface area contributed by atoms with Crippen LogP contribution in [0.15, 0.2) is 24.3 Å². The lowest BCUT2D eigenvalue weighted by molar-refractivity contribution is -0.145. The number of anilines is 1. The van der Waals surface area contributed by atoms with Gasteiger partial charge in [0, 0.05) is 11.8 Å². The summed E-state index contributed by atoms with van der Waals surface area (Å²) in [7, 11) is 1.57. The molecule has 94 valence electrons. The number of methoxy groups -OCH3 is 1. The standard InChI is InChI=1S/C13H14N2O3/c1-18-11-4-2-3-10(5-11)15-13(8-14)6-9(7-13)12(16)17/h2-5,9,15H,6-7H2,1H3,(H,16,17). The Balaban J connectivity index is 2.08. The maximum atomic E-state index is 10.8. The van der Waals surface area contributed by atoms with Gasteiger partial charge in [-0.05, 0) is 25.0 Å². The highest BCUT2D eigenvalue weighted by Crippen LogP contribution is 2.40. The molecule has 0 spiro atoms. The molecule has 2 rings (SSSR count). The third-order valence-corrected chi connectivity index (χ3v) is 3.21. The van der Waals surface area contributed by atoms with Crippen molar-refractivity contribution in [3.05, 3.63) is 24.3 Å². The molecule has 1 fully saturated rings. The van der Waals surface area contributed by atoms with Gasteiger partial charge in [0.1, 0.15) is 11.3 Å². The van der Waals surface area contributed by atoms with Crippen molar-refractivity contribution in [2.45, 2.75) is 18.4 Å². The van der Waals surface area contributed by atoms with Crippen molar-refractivity contribution in [2.24, 2.45) is 5.92 Å². The number of nitrogens with zero attached hydrogens (tertiary/aromatic N) is 1. The summed E-state index contributed by atoms with van der Waals surface area (Å²) in [4.78, 5) is 10.8. The minimum absolute atomic E-state index is 0.329. The number of ether oxygens (including phenoxy) is 1. The Kier molecular flexibility index (Phi) is 3.11. The fourth-order valence-corrected chi connectivity index (χ4v) is 2.15. The van der Waals surface area contributed by atoms with Crippen LogP contribution >= 0.6 is 0 Å². The molecule has 5 heteroatoms. The van der Waals surface area contributed by atoms with Gasteiger partial charge in [0.15, 0.2) is 0 Å². The number of hydrogen-bond donors (Lipinski definition) is 2. The predicted octanol–water partition coefficient (Wildman–Crippen LogP) is 1.86. The van der Waals surface area contributed by atoms with Gasteiger partial charge in [-0.1, -0.05) is 6.07 Å². The van der Waals surface area contributed by atoms with Crippen molar-refractivity contribution in [3.63, 3.8) is 0 Å². The first-order valence-corrected chi connectivity index (χ1v) is 5.65. The van der Waals surface area contributed by atoms with Crippen LogP contribution in [0.2, 0.25) is 0 Å². The van der Waals surface area contributed by atoms with Gasteiger partial charge in [0.05, 0.1) is 19.1 Å². The molecule has 1 aromatic rings. The van der Waals surface area contributed by atoms with Crippen molar-refractivity contribution in [3.8, 4) is 11.8 Å². The second-order valence-electron chi connectivity index (χ2n) is 4.49. The number of nitrogens with one attached hydrogen (secondary N) is 1. The number of carbonyl (C=O) groups is 1. The average molecular weight is 246 g/mol. The molecule has 1 saturated carbocycles. The lowest BCUT2D eigenvalue weighted by Gasteiger charge is -2.41. The van der Waals surface area contributed by atoms with Gasteiger partial charge in [-0.3, -0.25) is 4.79 Å². The topological polar surface area (TPSA) is 82.3 Å². The van der Waals surface area contributed by atoms with E-state index in [1.807, 2.05) is 18.2 Å². The van der Waals surface area contributed by atoms with Crippen molar-refractivity contribution < 1.29 is 14.6 Å². The number of hydrogen-bond acceptors (Lipinski definition) is 4. The van der Waals surface area contributed by atoms with E-state index in [0.717, 1.165) is 5.69 Å². The molecule has 0 amide bonds.